The quantitative estimate of drug-likeness (QED) is 0.745. The van der Waals surface area contributed by atoms with Crippen molar-refractivity contribution in [1.82, 2.24) is 4.90 Å². The first kappa shape index (κ1) is 13.7. The van der Waals surface area contributed by atoms with E-state index in [4.69, 9.17) is 0 Å². The molecule has 1 saturated heterocycles. The van der Waals surface area contributed by atoms with Crippen molar-refractivity contribution in [2.45, 2.75) is 47.0 Å². The minimum absolute atomic E-state index is 0.0454. The highest BCUT2D eigenvalue weighted by molar-refractivity contribution is 5.64. The third-order valence-electron chi connectivity index (χ3n) is 5.54. The molecule has 1 atom stereocenters. The largest absolute Gasteiger partial charge is 0.511 e. The van der Waals surface area contributed by atoms with E-state index < -0.39 is 0 Å². The maximum absolute atomic E-state index is 11.4. The molecule has 0 aromatic heterocycles. The Labute approximate surface area is 121 Å². The molecular formula is C17H25NO2. The van der Waals surface area contributed by atoms with Crippen LogP contribution in [-0.2, 0) is 4.79 Å². The summed E-state index contributed by atoms with van der Waals surface area (Å²) in [5.41, 5.74) is 3.76. The molecule has 1 N–H and O–H groups in total. The van der Waals surface area contributed by atoms with Gasteiger partial charge in [-0.25, -0.2) is 0 Å². The molecule has 1 fully saturated rings. The average Bonchev–Trinajstić information content (AvgIpc) is 2.36. The fourth-order valence-corrected chi connectivity index (χ4v) is 4.04. The zero-order valence-corrected chi connectivity index (χ0v) is 13.0. The zero-order valence-electron chi connectivity index (χ0n) is 13.0. The van der Waals surface area contributed by atoms with Crippen molar-refractivity contribution >= 4 is 6.29 Å². The molecule has 0 bridgehead atoms. The molecule has 0 aromatic rings. The van der Waals surface area contributed by atoms with E-state index in [0.29, 0.717) is 12.2 Å². The Balaban J connectivity index is 2.25. The van der Waals surface area contributed by atoms with Crippen molar-refractivity contribution in [2.75, 3.05) is 13.1 Å². The lowest BCUT2D eigenvalue weighted by Gasteiger charge is -2.52. The second kappa shape index (κ2) is 4.12. The number of rotatable bonds is 1. The fraction of sp³-hybridized carbons (Fsp3) is 0.706. The highest BCUT2D eigenvalue weighted by atomic mass is 16.3. The maximum atomic E-state index is 11.4. The molecule has 110 valence electrons. The summed E-state index contributed by atoms with van der Waals surface area (Å²) in [6, 6.07) is 0. The standard InChI is InChI=1S/C17H25NO2/c1-16(2)5-7-18-8-6-17(3,4)13-14(18)12(16)9-11(10-19)15(13)20/h10-11,20H,5-9H2,1-4H3. The van der Waals surface area contributed by atoms with Crippen molar-refractivity contribution in [1.29, 1.82) is 0 Å². The summed E-state index contributed by atoms with van der Waals surface area (Å²) in [5, 5.41) is 10.6. The van der Waals surface area contributed by atoms with Gasteiger partial charge >= 0.3 is 0 Å². The van der Waals surface area contributed by atoms with Crippen molar-refractivity contribution in [3.05, 3.63) is 22.6 Å². The summed E-state index contributed by atoms with van der Waals surface area (Å²) in [4.78, 5) is 13.8. The summed E-state index contributed by atoms with van der Waals surface area (Å²) in [6.45, 7) is 11.0. The van der Waals surface area contributed by atoms with Crippen LogP contribution in [0, 0.1) is 16.7 Å². The smallest absolute Gasteiger partial charge is 0.130 e. The van der Waals surface area contributed by atoms with Gasteiger partial charge in [-0.05, 0) is 35.7 Å². The molecule has 0 radical (unpaired) electrons. The molecule has 1 aliphatic carbocycles. The average molecular weight is 275 g/mol. The van der Waals surface area contributed by atoms with Gasteiger partial charge in [-0.15, -0.1) is 0 Å². The van der Waals surface area contributed by atoms with Gasteiger partial charge in [0.25, 0.3) is 0 Å². The maximum Gasteiger partial charge on any atom is 0.130 e. The van der Waals surface area contributed by atoms with Crippen molar-refractivity contribution in [2.24, 2.45) is 16.7 Å². The summed E-state index contributed by atoms with van der Waals surface area (Å²) in [5.74, 6) is -0.0218. The van der Waals surface area contributed by atoms with E-state index in [9.17, 15) is 9.90 Å². The Morgan fingerprint density at radius 1 is 1.15 bits per heavy atom. The molecule has 0 aromatic carbocycles. The Morgan fingerprint density at radius 2 is 1.75 bits per heavy atom. The van der Waals surface area contributed by atoms with Gasteiger partial charge in [0, 0.05) is 24.4 Å². The molecule has 2 aliphatic heterocycles. The number of aliphatic hydroxyl groups excluding tert-OH is 1. The van der Waals surface area contributed by atoms with E-state index in [1.54, 1.807) is 0 Å². The lowest BCUT2D eigenvalue weighted by molar-refractivity contribution is -0.111. The summed E-state index contributed by atoms with van der Waals surface area (Å²) >= 11 is 0. The number of piperidine rings is 1. The van der Waals surface area contributed by atoms with E-state index in [2.05, 4.69) is 32.6 Å². The highest BCUT2D eigenvalue weighted by Gasteiger charge is 2.47. The van der Waals surface area contributed by atoms with Crippen LogP contribution < -0.4 is 0 Å². The van der Waals surface area contributed by atoms with E-state index in [1.165, 1.54) is 11.3 Å². The van der Waals surface area contributed by atoms with Gasteiger partial charge < -0.3 is 14.8 Å². The molecule has 3 aliphatic rings. The molecule has 20 heavy (non-hydrogen) atoms. The molecule has 3 nitrogen and oxygen atoms in total. The molecular weight excluding hydrogens is 250 g/mol. The van der Waals surface area contributed by atoms with Crippen LogP contribution in [0.5, 0.6) is 0 Å². The predicted octanol–water partition coefficient (Wildman–Crippen LogP) is 3.43. The van der Waals surface area contributed by atoms with Crippen LogP contribution in [0.2, 0.25) is 0 Å². The van der Waals surface area contributed by atoms with Crippen LogP contribution >= 0.6 is 0 Å². The summed E-state index contributed by atoms with van der Waals surface area (Å²) in [7, 11) is 0. The molecule has 0 spiro atoms. The molecule has 3 rings (SSSR count). The molecule has 0 saturated carbocycles. The van der Waals surface area contributed by atoms with E-state index >= 15 is 0 Å². The van der Waals surface area contributed by atoms with Crippen LogP contribution in [0.15, 0.2) is 22.6 Å². The van der Waals surface area contributed by atoms with Gasteiger partial charge in [-0.1, -0.05) is 27.7 Å². The number of hydrogen-bond acceptors (Lipinski definition) is 3. The fourth-order valence-electron chi connectivity index (χ4n) is 4.04. The van der Waals surface area contributed by atoms with Crippen molar-refractivity contribution in [3.63, 3.8) is 0 Å². The third kappa shape index (κ3) is 1.75. The van der Waals surface area contributed by atoms with Gasteiger partial charge in [-0.2, -0.15) is 0 Å². The normalized spacial score (nSPS) is 31.2. The van der Waals surface area contributed by atoms with Crippen LogP contribution in [-0.4, -0.2) is 29.4 Å². The van der Waals surface area contributed by atoms with E-state index in [0.717, 1.165) is 37.8 Å². The topological polar surface area (TPSA) is 40.5 Å². The summed E-state index contributed by atoms with van der Waals surface area (Å²) in [6.07, 6.45) is 3.78. The van der Waals surface area contributed by atoms with Crippen LogP contribution in [0.3, 0.4) is 0 Å². The van der Waals surface area contributed by atoms with Gasteiger partial charge in [-0.3, -0.25) is 0 Å². The minimum Gasteiger partial charge on any atom is -0.511 e. The number of carbonyl (C=O) groups excluding carboxylic acids is 1. The number of hydrogen-bond donors (Lipinski definition) is 1. The van der Waals surface area contributed by atoms with E-state index in [1.807, 2.05) is 0 Å². The second-order valence-electron chi connectivity index (χ2n) is 7.79. The monoisotopic (exact) mass is 275 g/mol. The highest BCUT2D eigenvalue weighted by Crippen LogP contribution is 2.54. The van der Waals surface area contributed by atoms with Gasteiger partial charge in [0.1, 0.15) is 12.0 Å². The Kier molecular flexibility index (Phi) is 2.83. The Hall–Kier alpha value is -1.25. The number of nitrogens with zero attached hydrogens (tertiary/aromatic N) is 1. The third-order valence-corrected chi connectivity index (χ3v) is 5.54. The van der Waals surface area contributed by atoms with Gasteiger partial charge in [0.15, 0.2) is 0 Å². The minimum atomic E-state index is -0.347. The van der Waals surface area contributed by atoms with Crippen molar-refractivity contribution in [3.8, 4) is 0 Å². The number of aliphatic hydroxyl groups is 1. The summed E-state index contributed by atoms with van der Waals surface area (Å²) < 4.78 is 0. The molecule has 3 heteroatoms. The van der Waals surface area contributed by atoms with Gasteiger partial charge in [0.2, 0.25) is 0 Å². The van der Waals surface area contributed by atoms with Crippen LogP contribution in [0.1, 0.15) is 47.0 Å². The lowest BCUT2D eigenvalue weighted by Crippen LogP contribution is -2.47. The van der Waals surface area contributed by atoms with Crippen LogP contribution in [0.25, 0.3) is 0 Å². The van der Waals surface area contributed by atoms with Crippen molar-refractivity contribution < 1.29 is 9.90 Å². The number of allylic oxidation sites excluding steroid dienone is 3. The molecule has 1 unspecified atom stereocenters. The first-order chi connectivity index (χ1) is 9.28. The molecule has 0 amide bonds. The van der Waals surface area contributed by atoms with Crippen LogP contribution in [0.4, 0.5) is 0 Å². The van der Waals surface area contributed by atoms with E-state index in [-0.39, 0.29) is 16.7 Å². The Bertz CT molecular complexity index is 525. The lowest BCUT2D eigenvalue weighted by atomic mass is 9.63. The Morgan fingerprint density at radius 3 is 2.35 bits per heavy atom. The first-order valence-corrected chi connectivity index (χ1v) is 7.66. The SMILES string of the molecule is CC1(C)CCN2CCC(C)(C)C3=C(O)C(C=O)CC1=C32. The predicted molar refractivity (Wildman–Crippen MR) is 79.2 cm³/mol. The second-order valence-corrected chi connectivity index (χ2v) is 7.79. The zero-order chi connectivity index (χ0) is 14.7. The van der Waals surface area contributed by atoms with Gasteiger partial charge in [0.05, 0.1) is 5.92 Å². The number of aldehydes is 1. The molecule has 2 heterocycles. The number of carbonyl (C=O) groups is 1. The first-order valence-electron chi connectivity index (χ1n) is 7.66.